The standard InChI is InChI=1S/C13H22/c1-4-7-9-10-12-13(6-3)11-8-5-2/h4-6,13H,1-3,7-12H2. The van der Waals surface area contributed by atoms with E-state index in [1.807, 2.05) is 12.2 Å². The van der Waals surface area contributed by atoms with Crippen LogP contribution >= 0.6 is 0 Å². The highest BCUT2D eigenvalue weighted by Crippen LogP contribution is 2.16. The molecule has 0 rings (SSSR count). The van der Waals surface area contributed by atoms with Crippen molar-refractivity contribution in [2.75, 3.05) is 0 Å². The fourth-order valence-electron chi connectivity index (χ4n) is 1.41. The molecule has 0 bridgehead atoms. The van der Waals surface area contributed by atoms with E-state index in [1.165, 1.54) is 25.7 Å². The Morgan fingerprint density at radius 2 is 1.54 bits per heavy atom. The first-order chi connectivity index (χ1) is 6.35. The third-order valence-corrected chi connectivity index (χ3v) is 2.31. The van der Waals surface area contributed by atoms with Gasteiger partial charge in [-0.25, -0.2) is 0 Å². The van der Waals surface area contributed by atoms with Crippen LogP contribution in [0.1, 0.15) is 38.5 Å². The number of unbranched alkanes of at least 4 members (excludes halogenated alkanes) is 2. The molecular formula is C13H22. The van der Waals surface area contributed by atoms with Crippen LogP contribution in [0.3, 0.4) is 0 Å². The van der Waals surface area contributed by atoms with E-state index >= 15 is 0 Å². The van der Waals surface area contributed by atoms with E-state index in [0.29, 0.717) is 5.92 Å². The van der Waals surface area contributed by atoms with Crippen molar-refractivity contribution < 1.29 is 0 Å². The van der Waals surface area contributed by atoms with Crippen molar-refractivity contribution in [2.24, 2.45) is 5.92 Å². The molecular weight excluding hydrogens is 156 g/mol. The Balaban J connectivity index is 3.40. The third kappa shape index (κ3) is 7.58. The Bertz CT molecular complexity index is 144. The molecule has 0 N–H and O–H groups in total. The van der Waals surface area contributed by atoms with E-state index in [-0.39, 0.29) is 0 Å². The summed E-state index contributed by atoms with van der Waals surface area (Å²) in [6.45, 7) is 11.3. The zero-order valence-electron chi connectivity index (χ0n) is 8.67. The Morgan fingerprint density at radius 3 is 2.08 bits per heavy atom. The lowest BCUT2D eigenvalue weighted by Crippen LogP contribution is -1.95. The quantitative estimate of drug-likeness (QED) is 0.360. The van der Waals surface area contributed by atoms with Gasteiger partial charge in [-0.3, -0.25) is 0 Å². The summed E-state index contributed by atoms with van der Waals surface area (Å²) in [5.74, 6) is 0.683. The van der Waals surface area contributed by atoms with Gasteiger partial charge in [0.2, 0.25) is 0 Å². The highest BCUT2D eigenvalue weighted by Gasteiger charge is 2.01. The molecule has 0 aromatic rings. The number of allylic oxidation sites excluding steroid dienone is 3. The molecule has 1 unspecified atom stereocenters. The summed E-state index contributed by atoms with van der Waals surface area (Å²) in [6, 6.07) is 0. The largest absolute Gasteiger partial charge is 0.103 e. The topological polar surface area (TPSA) is 0 Å². The van der Waals surface area contributed by atoms with Crippen LogP contribution in [0.4, 0.5) is 0 Å². The van der Waals surface area contributed by atoms with Gasteiger partial charge in [0.1, 0.15) is 0 Å². The molecule has 0 radical (unpaired) electrons. The molecule has 0 aliphatic rings. The average Bonchev–Trinajstić information content (AvgIpc) is 2.17. The van der Waals surface area contributed by atoms with Crippen LogP contribution in [-0.4, -0.2) is 0 Å². The molecule has 74 valence electrons. The van der Waals surface area contributed by atoms with E-state index < -0.39 is 0 Å². The molecule has 0 aliphatic heterocycles. The van der Waals surface area contributed by atoms with Gasteiger partial charge >= 0.3 is 0 Å². The van der Waals surface area contributed by atoms with Crippen molar-refractivity contribution in [3.05, 3.63) is 38.0 Å². The van der Waals surface area contributed by atoms with Gasteiger partial charge in [-0.15, -0.1) is 19.7 Å². The smallest absolute Gasteiger partial charge is 0.0233 e. The molecule has 1 atom stereocenters. The summed E-state index contributed by atoms with van der Waals surface area (Å²) in [6.07, 6.45) is 13.3. The lowest BCUT2D eigenvalue weighted by atomic mass is 9.96. The summed E-state index contributed by atoms with van der Waals surface area (Å²) < 4.78 is 0. The van der Waals surface area contributed by atoms with Crippen LogP contribution < -0.4 is 0 Å². The Hall–Kier alpha value is -0.780. The van der Waals surface area contributed by atoms with E-state index in [9.17, 15) is 0 Å². The molecule has 0 fully saturated rings. The van der Waals surface area contributed by atoms with Crippen LogP contribution in [0.25, 0.3) is 0 Å². The van der Waals surface area contributed by atoms with Gasteiger partial charge in [-0.05, 0) is 38.0 Å². The first-order valence-corrected chi connectivity index (χ1v) is 5.19. The third-order valence-electron chi connectivity index (χ3n) is 2.31. The van der Waals surface area contributed by atoms with Gasteiger partial charge in [0.25, 0.3) is 0 Å². The fourth-order valence-corrected chi connectivity index (χ4v) is 1.41. The molecule has 13 heavy (non-hydrogen) atoms. The van der Waals surface area contributed by atoms with Crippen LogP contribution in [0, 0.1) is 5.92 Å². The van der Waals surface area contributed by atoms with Gasteiger partial charge < -0.3 is 0 Å². The van der Waals surface area contributed by atoms with Crippen molar-refractivity contribution in [1.29, 1.82) is 0 Å². The molecule has 0 heteroatoms. The Kier molecular flexibility index (Phi) is 8.75. The van der Waals surface area contributed by atoms with E-state index in [1.54, 1.807) is 0 Å². The minimum Gasteiger partial charge on any atom is -0.103 e. The van der Waals surface area contributed by atoms with E-state index in [4.69, 9.17) is 0 Å². The minimum absolute atomic E-state index is 0.683. The van der Waals surface area contributed by atoms with Crippen molar-refractivity contribution in [1.82, 2.24) is 0 Å². The van der Waals surface area contributed by atoms with Crippen LogP contribution in [0.15, 0.2) is 38.0 Å². The van der Waals surface area contributed by atoms with Crippen molar-refractivity contribution >= 4 is 0 Å². The summed E-state index contributed by atoms with van der Waals surface area (Å²) in [5, 5.41) is 0. The summed E-state index contributed by atoms with van der Waals surface area (Å²) >= 11 is 0. The second kappa shape index (κ2) is 9.31. The van der Waals surface area contributed by atoms with Crippen LogP contribution in [-0.2, 0) is 0 Å². The minimum atomic E-state index is 0.683. The maximum atomic E-state index is 3.86. The molecule has 0 aromatic carbocycles. The zero-order valence-corrected chi connectivity index (χ0v) is 8.67. The summed E-state index contributed by atoms with van der Waals surface area (Å²) in [4.78, 5) is 0. The highest BCUT2D eigenvalue weighted by molar-refractivity contribution is 4.81. The van der Waals surface area contributed by atoms with Crippen LogP contribution in [0.5, 0.6) is 0 Å². The SMILES string of the molecule is C=CCCCCC(C=C)CCC=C. The van der Waals surface area contributed by atoms with Gasteiger partial charge in [0.15, 0.2) is 0 Å². The number of hydrogen-bond acceptors (Lipinski definition) is 0. The van der Waals surface area contributed by atoms with Gasteiger partial charge in [-0.1, -0.05) is 24.6 Å². The van der Waals surface area contributed by atoms with Gasteiger partial charge in [-0.2, -0.15) is 0 Å². The Morgan fingerprint density at radius 1 is 0.846 bits per heavy atom. The molecule has 0 nitrogen and oxygen atoms in total. The fraction of sp³-hybridized carbons (Fsp3) is 0.538. The number of rotatable bonds is 9. The summed E-state index contributed by atoms with van der Waals surface area (Å²) in [7, 11) is 0. The maximum Gasteiger partial charge on any atom is -0.0233 e. The second-order valence-corrected chi connectivity index (χ2v) is 3.43. The first-order valence-electron chi connectivity index (χ1n) is 5.19. The monoisotopic (exact) mass is 178 g/mol. The molecule has 0 aromatic heterocycles. The first kappa shape index (κ1) is 12.2. The van der Waals surface area contributed by atoms with Gasteiger partial charge in [0, 0.05) is 0 Å². The molecule has 0 saturated heterocycles. The molecule has 0 heterocycles. The molecule has 0 aliphatic carbocycles. The second-order valence-electron chi connectivity index (χ2n) is 3.43. The summed E-state index contributed by atoms with van der Waals surface area (Å²) in [5.41, 5.74) is 0. The lowest BCUT2D eigenvalue weighted by Gasteiger charge is -2.09. The van der Waals surface area contributed by atoms with Crippen molar-refractivity contribution in [3.63, 3.8) is 0 Å². The van der Waals surface area contributed by atoms with Gasteiger partial charge in [0.05, 0.1) is 0 Å². The maximum absolute atomic E-state index is 3.86. The predicted octanol–water partition coefficient (Wildman–Crippen LogP) is 4.50. The Labute approximate surface area is 83.0 Å². The molecule has 0 spiro atoms. The number of hydrogen-bond donors (Lipinski definition) is 0. The average molecular weight is 178 g/mol. The van der Waals surface area contributed by atoms with Crippen LogP contribution in [0.2, 0.25) is 0 Å². The van der Waals surface area contributed by atoms with E-state index in [2.05, 4.69) is 25.8 Å². The highest BCUT2D eigenvalue weighted by atomic mass is 14.1. The van der Waals surface area contributed by atoms with E-state index in [0.717, 1.165) is 12.8 Å². The zero-order chi connectivity index (χ0) is 9.94. The van der Waals surface area contributed by atoms with Crippen molar-refractivity contribution in [3.8, 4) is 0 Å². The molecule has 0 amide bonds. The predicted molar refractivity (Wildman–Crippen MR) is 61.8 cm³/mol. The lowest BCUT2D eigenvalue weighted by molar-refractivity contribution is 0.516. The molecule has 0 saturated carbocycles. The van der Waals surface area contributed by atoms with Crippen molar-refractivity contribution in [2.45, 2.75) is 38.5 Å². The normalized spacial score (nSPS) is 12.0.